The van der Waals surface area contributed by atoms with E-state index in [-0.39, 0.29) is 24.8 Å². The number of nitrogens with two attached hydrogens (primary N) is 2. The molecule has 0 spiro atoms. The lowest BCUT2D eigenvalue weighted by atomic mass is 10.2. The quantitative estimate of drug-likeness (QED) is 0.418. The molecule has 7 N–H and O–H groups in total. The highest BCUT2D eigenvalue weighted by Crippen LogP contribution is 1.97. The Kier molecular flexibility index (Phi) is 22.5. The highest BCUT2D eigenvalue weighted by Gasteiger charge is 2.14. The molecule has 0 aromatic rings. The molecule has 2 atom stereocenters. The van der Waals surface area contributed by atoms with E-state index in [1.54, 1.807) is 11.8 Å². The van der Waals surface area contributed by atoms with Gasteiger partial charge in [-0.05, 0) is 18.4 Å². The van der Waals surface area contributed by atoms with Gasteiger partial charge in [-0.15, -0.1) is 24.8 Å². The number of aliphatic carboxylic acids is 3. The summed E-state index contributed by atoms with van der Waals surface area (Å²) in [7, 11) is 0. The lowest BCUT2D eigenvalue weighted by Gasteiger charge is -2.02. The van der Waals surface area contributed by atoms with Gasteiger partial charge in [0.1, 0.15) is 12.1 Å². The number of hydrogen-bond donors (Lipinski definition) is 5. The first-order valence-corrected chi connectivity index (χ1v) is 6.29. The van der Waals surface area contributed by atoms with Crippen LogP contribution in [0, 0.1) is 0 Å². The first-order valence-electron chi connectivity index (χ1n) is 4.89. The van der Waals surface area contributed by atoms with Crippen molar-refractivity contribution in [2.45, 2.75) is 24.9 Å². The Labute approximate surface area is 133 Å². The van der Waals surface area contributed by atoms with E-state index in [1.165, 1.54) is 0 Å². The molecule has 0 saturated heterocycles. The van der Waals surface area contributed by atoms with Crippen LogP contribution in [-0.4, -0.2) is 57.3 Å². The van der Waals surface area contributed by atoms with Gasteiger partial charge in [-0.1, -0.05) is 0 Å². The average Bonchev–Trinajstić information content (AvgIpc) is 2.25. The minimum Gasteiger partial charge on any atom is -0.481 e. The largest absolute Gasteiger partial charge is 0.481 e. The van der Waals surface area contributed by atoms with E-state index in [2.05, 4.69) is 0 Å². The van der Waals surface area contributed by atoms with Gasteiger partial charge in [-0.25, -0.2) is 0 Å². The number of thioether (sulfide) groups is 1. The van der Waals surface area contributed by atoms with Crippen LogP contribution in [0.1, 0.15) is 12.8 Å². The highest BCUT2D eigenvalue weighted by atomic mass is 35.5. The first-order chi connectivity index (χ1) is 8.22. The summed E-state index contributed by atoms with van der Waals surface area (Å²) in [5, 5.41) is 24.3. The van der Waals surface area contributed by atoms with Gasteiger partial charge in [0.05, 0.1) is 6.42 Å². The molecule has 122 valence electrons. The van der Waals surface area contributed by atoms with Crippen molar-refractivity contribution in [3.63, 3.8) is 0 Å². The lowest BCUT2D eigenvalue weighted by Crippen LogP contribution is -2.32. The predicted octanol–water partition coefficient (Wildman–Crippen LogP) is -0.132. The zero-order valence-electron chi connectivity index (χ0n) is 10.7. The maximum atomic E-state index is 10.1. The second-order valence-electron chi connectivity index (χ2n) is 3.27. The summed E-state index contributed by atoms with van der Waals surface area (Å²) < 4.78 is 0. The van der Waals surface area contributed by atoms with Crippen molar-refractivity contribution in [2.75, 3.05) is 12.0 Å². The van der Waals surface area contributed by atoms with E-state index in [9.17, 15) is 14.4 Å². The van der Waals surface area contributed by atoms with Crippen molar-refractivity contribution < 1.29 is 29.7 Å². The number of carboxylic acid groups (broad SMARTS) is 3. The van der Waals surface area contributed by atoms with E-state index < -0.39 is 36.4 Å². The zero-order valence-corrected chi connectivity index (χ0v) is 13.2. The van der Waals surface area contributed by atoms with E-state index in [0.29, 0.717) is 6.42 Å². The van der Waals surface area contributed by atoms with Crippen LogP contribution in [0.4, 0.5) is 0 Å². The molecule has 0 radical (unpaired) electrons. The minimum atomic E-state index is -1.29. The molecule has 0 aliphatic heterocycles. The van der Waals surface area contributed by atoms with Crippen molar-refractivity contribution in [1.29, 1.82) is 0 Å². The first kappa shape index (κ1) is 27.6. The van der Waals surface area contributed by atoms with Gasteiger partial charge in [-0.2, -0.15) is 11.8 Å². The van der Waals surface area contributed by atoms with Crippen LogP contribution in [0.5, 0.6) is 0 Å². The average molecular weight is 355 g/mol. The third kappa shape index (κ3) is 19.6. The van der Waals surface area contributed by atoms with Gasteiger partial charge in [0, 0.05) is 0 Å². The second-order valence-corrected chi connectivity index (χ2v) is 4.25. The number of rotatable bonds is 7. The maximum absolute atomic E-state index is 10.1. The summed E-state index contributed by atoms with van der Waals surface area (Å²) in [4.78, 5) is 29.7. The van der Waals surface area contributed by atoms with Gasteiger partial charge < -0.3 is 26.8 Å². The standard InChI is InChI=1S/C5H11NO2S.C4H7NO4.2ClH/c1-9-3-2-4(6)5(7)8;5-2(4(8)9)1-3(6)7;;/h4H,2-3,6H2,1H3,(H,7,8);2H,1,5H2,(H,6,7)(H,8,9);2*1H/t4-;2-;;/m00../s1. The number of carboxylic acids is 3. The van der Waals surface area contributed by atoms with Crippen LogP contribution in [0.25, 0.3) is 0 Å². The summed E-state index contributed by atoms with van der Waals surface area (Å²) in [6, 6.07) is -1.97. The monoisotopic (exact) mass is 354 g/mol. The summed E-state index contributed by atoms with van der Waals surface area (Å²) in [5.41, 5.74) is 10.0. The van der Waals surface area contributed by atoms with Gasteiger partial charge >= 0.3 is 17.9 Å². The Balaban J connectivity index is -0.000000116. The molecule has 0 amide bonds. The van der Waals surface area contributed by atoms with Crippen LogP contribution in [0.15, 0.2) is 0 Å². The highest BCUT2D eigenvalue weighted by molar-refractivity contribution is 7.98. The van der Waals surface area contributed by atoms with E-state index in [4.69, 9.17) is 26.8 Å². The van der Waals surface area contributed by atoms with Gasteiger partial charge in [0.15, 0.2) is 0 Å². The van der Waals surface area contributed by atoms with Crippen molar-refractivity contribution in [3.05, 3.63) is 0 Å². The summed E-state index contributed by atoms with van der Waals surface area (Å²) in [6.07, 6.45) is 1.94. The molecule has 0 aliphatic rings. The fourth-order valence-corrected chi connectivity index (χ4v) is 1.13. The third-order valence-electron chi connectivity index (χ3n) is 1.66. The normalized spacial score (nSPS) is 11.6. The van der Waals surface area contributed by atoms with Crippen LogP contribution in [0.3, 0.4) is 0 Å². The Bertz CT molecular complexity index is 296. The number of halogens is 2. The molecule has 0 heterocycles. The van der Waals surface area contributed by atoms with E-state index in [0.717, 1.165) is 5.75 Å². The predicted molar refractivity (Wildman–Crippen MR) is 81.0 cm³/mol. The minimum absolute atomic E-state index is 0. The van der Waals surface area contributed by atoms with Gasteiger partial charge in [-0.3, -0.25) is 14.4 Å². The number of carbonyl (C=O) groups is 3. The molecule has 0 aromatic heterocycles. The van der Waals surface area contributed by atoms with Crippen LogP contribution >= 0.6 is 36.6 Å². The lowest BCUT2D eigenvalue weighted by molar-refractivity contribution is -0.144. The molecule has 0 unspecified atom stereocenters. The van der Waals surface area contributed by atoms with Crippen molar-refractivity contribution in [3.8, 4) is 0 Å². The molecular weight excluding hydrogens is 335 g/mol. The Morgan fingerprint density at radius 2 is 1.40 bits per heavy atom. The zero-order chi connectivity index (χ0) is 14.7. The molecule has 11 heteroatoms. The smallest absolute Gasteiger partial charge is 0.321 e. The molecule has 0 rings (SSSR count). The molecule has 0 aromatic carbocycles. The van der Waals surface area contributed by atoms with E-state index in [1.807, 2.05) is 6.26 Å². The van der Waals surface area contributed by atoms with Gasteiger partial charge in [0.2, 0.25) is 0 Å². The molecular formula is C9H20Cl2N2O6S. The fraction of sp³-hybridized carbons (Fsp3) is 0.667. The SMILES string of the molecule is CSCC[C@H](N)C(=O)O.Cl.Cl.N[C@@H](CC(=O)O)C(=O)O. The van der Waals surface area contributed by atoms with Crippen LogP contribution in [-0.2, 0) is 14.4 Å². The van der Waals surface area contributed by atoms with Crippen LogP contribution in [0.2, 0.25) is 0 Å². The molecule has 0 saturated carbocycles. The third-order valence-corrected chi connectivity index (χ3v) is 2.31. The summed E-state index contributed by atoms with van der Waals surface area (Å²) >= 11 is 1.60. The summed E-state index contributed by atoms with van der Waals surface area (Å²) in [6.45, 7) is 0. The second kappa shape index (κ2) is 16.3. The van der Waals surface area contributed by atoms with E-state index >= 15 is 0 Å². The topological polar surface area (TPSA) is 164 Å². The van der Waals surface area contributed by atoms with Crippen LogP contribution < -0.4 is 11.5 Å². The molecule has 0 aliphatic carbocycles. The summed E-state index contributed by atoms with van der Waals surface area (Å²) in [5.74, 6) is -2.60. The fourth-order valence-electron chi connectivity index (χ4n) is 0.644. The molecule has 8 nitrogen and oxygen atoms in total. The Hall–Kier alpha value is -0.740. The Morgan fingerprint density at radius 3 is 1.60 bits per heavy atom. The molecule has 0 bridgehead atoms. The van der Waals surface area contributed by atoms with Crippen molar-refractivity contribution in [1.82, 2.24) is 0 Å². The van der Waals surface area contributed by atoms with Crippen molar-refractivity contribution >= 4 is 54.5 Å². The molecule has 20 heavy (non-hydrogen) atoms. The number of hydrogen-bond acceptors (Lipinski definition) is 6. The maximum Gasteiger partial charge on any atom is 0.321 e. The molecule has 0 fully saturated rings. The van der Waals surface area contributed by atoms with Gasteiger partial charge in [0.25, 0.3) is 0 Å². The van der Waals surface area contributed by atoms with Crippen molar-refractivity contribution in [2.24, 2.45) is 11.5 Å². The Morgan fingerprint density at radius 1 is 1.00 bits per heavy atom.